The van der Waals surface area contributed by atoms with Gasteiger partial charge in [-0.3, -0.25) is 9.59 Å². The number of aromatic nitrogens is 2. The highest BCUT2D eigenvalue weighted by Crippen LogP contribution is 2.14. The van der Waals surface area contributed by atoms with Crippen LogP contribution in [0.2, 0.25) is 0 Å². The van der Waals surface area contributed by atoms with Crippen molar-refractivity contribution < 1.29 is 23.1 Å². The van der Waals surface area contributed by atoms with E-state index < -0.39 is 22.0 Å². The third-order valence-electron chi connectivity index (χ3n) is 2.90. The molecule has 8 nitrogen and oxygen atoms in total. The second-order valence-electron chi connectivity index (χ2n) is 4.43. The van der Waals surface area contributed by atoms with Crippen molar-refractivity contribution in [3.8, 4) is 0 Å². The summed E-state index contributed by atoms with van der Waals surface area (Å²) in [5, 5.41) is 9.17. The van der Waals surface area contributed by atoms with E-state index in [1.807, 2.05) is 0 Å². The van der Waals surface area contributed by atoms with E-state index in [1.165, 1.54) is 36.8 Å². The van der Waals surface area contributed by atoms with Crippen LogP contribution in [0.4, 0.5) is 0 Å². The van der Waals surface area contributed by atoms with E-state index >= 15 is 0 Å². The Labute approximate surface area is 126 Å². The molecule has 0 amide bonds. The lowest BCUT2D eigenvalue weighted by Gasteiger charge is -2.14. The third-order valence-corrected chi connectivity index (χ3v) is 4.44. The molecule has 0 fully saturated rings. The predicted octanol–water partition coefficient (Wildman–Crippen LogP) is 0.196. The van der Waals surface area contributed by atoms with Crippen LogP contribution in [0.3, 0.4) is 0 Å². The Balaban J connectivity index is 2.28. The zero-order chi connectivity index (χ0) is 16.2. The average Bonchev–Trinajstić information content (AvgIpc) is 2.99. The summed E-state index contributed by atoms with van der Waals surface area (Å²) in [7, 11) is -4.15. The Morgan fingerprint density at radius 2 is 2.14 bits per heavy atom. The molecule has 0 bridgehead atoms. The van der Waals surface area contributed by atoms with Crippen LogP contribution in [0.5, 0.6) is 0 Å². The molecule has 1 aromatic heterocycles. The molecule has 0 aliphatic carbocycles. The highest BCUT2D eigenvalue weighted by Gasteiger charge is 2.27. The minimum atomic E-state index is -4.15. The number of sulfonamides is 1. The van der Waals surface area contributed by atoms with E-state index in [1.54, 1.807) is 0 Å². The molecule has 0 radical (unpaired) electrons. The second kappa shape index (κ2) is 6.50. The molecule has 1 aromatic carbocycles. The van der Waals surface area contributed by atoms with Crippen LogP contribution in [0.15, 0.2) is 41.7 Å². The van der Waals surface area contributed by atoms with Crippen molar-refractivity contribution in [2.24, 2.45) is 0 Å². The lowest BCUT2D eigenvalue weighted by molar-refractivity contribution is -0.138. The standard InChI is InChI=1S/C13H13N3O5S/c17-7-9-3-1-2-4-12(9)22(20,21)16-11(13(18)19)5-10-6-14-8-15-10/h1-4,6-8,11,16H,5H2,(H,14,15)(H,18,19). The summed E-state index contributed by atoms with van der Waals surface area (Å²) in [6, 6.07) is 4.14. The Bertz CT molecular complexity index is 771. The Morgan fingerprint density at radius 1 is 1.41 bits per heavy atom. The minimum Gasteiger partial charge on any atom is -0.480 e. The van der Waals surface area contributed by atoms with Gasteiger partial charge in [0.15, 0.2) is 6.29 Å². The molecule has 0 saturated carbocycles. The SMILES string of the molecule is O=Cc1ccccc1S(=O)(=O)NC(Cc1c[nH]cn1)C(=O)O. The number of carbonyl (C=O) groups excluding carboxylic acids is 1. The lowest BCUT2D eigenvalue weighted by Crippen LogP contribution is -2.42. The van der Waals surface area contributed by atoms with Crippen LogP contribution in [0.1, 0.15) is 16.1 Å². The number of imidazole rings is 1. The number of aliphatic carboxylic acids is 1. The molecule has 3 N–H and O–H groups in total. The van der Waals surface area contributed by atoms with Gasteiger partial charge < -0.3 is 10.1 Å². The molecule has 1 unspecified atom stereocenters. The number of benzene rings is 1. The molecular formula is C13H13N3O5S. The number of carboxylic acid groups (broad SMARTS) is 1. The monoisotopic (exact) mass is 323 g/mol. The molecule has 1 atom stereocenters. The van der Waals surface area contributed by atoms with Gasteiger partial charge in [-0.15, -0.1) is 0 Å². The van der Waals surface area contributed by atoms with Crippen molar-refractivity contribution in [2.45, 2.75) is 17.4 Å². The lowest BCUT2D eigenvalue weighted by atomic mass is 10.2. The van der Waals surface area contributed by atoms with Crippen LogP contribution in [0, 0.1) is 0 Å². The zero-order valence-corrected chi connectivity index (χ0v) is 12.1. The first kappa shape index (κ1) is 15.9. The summed E-state index contributed by atoms with van der Waals surface area (Å²) in [5.74, 6) is -1.34. The second-order valence-corrected chi connectivity index (χ2v) is 6.11. The van der Waals surface area contributed by atoms with Crippen molar-refractivity contribution in [1.82, 2.24) is 14.7 Å². The van der Waals surface area contributed by atoms with E-state index in [-0.39, 0.29) is 16.9 Å². The Kier molecular flexibility index (Phi) is 4.68. The van der Waals surface area contributed by atoms with Crippen molar-refractivity contribution in [2.75, 3.05) is 0 Å². The summed E-state index contributed by atoms with van der Waals surface area (Å²) in [6.45, 7) is 0. The molecule has 0 aliphatic heterocycles. The molecule has 0 aliphatic rings. The Morgan fingerprint density at radius 3 is 2.73 bits per heavy atom. The summed E-state index contributed by atoms with van der Waals surface area (Å²) < 4.78 is 26.7. The largest absolute Gasteiger partial charge is 0.480 e. The van der Waals surface area contributed by atoms with Crippen molar-refractivity contribution in [3.63, 3.8) is 0 Å². The van der Waals surface area contributed by atoms with Crippen molar-refractivity contribution in [1.29, 1.82) is 0 Å². The average molecular weight is 323 g/mol. The molecule has 0 spiro atoms. The first-order valence-electron chi connectivity index (χ1n) is 6.21. The van der Waals surface area contributed by atoms with Gasteiger partial charge in [0.05, 0.1) is 16.9 Å². The van der Waals surface area contributed by atoms with E-state index in [0.717, 1.165) is 0 Å². The minimum absolute atomic E-state index is 0.0427. The summed E-state index contributed by atoms with van der Waals surface area (Å²) in [4.78, 5) is 28.4. The van der Waals surface area contributed by atoms with Gasteiger partial charge in [0.1, 0.15) is 6.04 Å². The predicted molar refractivity (Wildman–Crippen MR) is 75.9 cm³/mol. The summed E-state index contributed by atoms with van der Waals surface area (Å²) >= 11 is 0. The van der Waals surface area contributed by atoms with Crippen LogP contribution in [0.25, 0.3) is 0 Å². The summed E-state index contributed by atoms with van der Waals surface area (Å²) in [5.41, 5.74) is 0.359. The number of aldehydes is 1. The van der Waals surface area contributed by atoms with Crippen molar-refractivity contribution >= 4 is 22.3 Å². The molecule has 1 heterocycles. The molecular weight excluding hydrogens is 310 g/mol. The molecule has 22 heavy (non-hydrogen) atoms. The number of nitrogens with one attached hydrogen (secondary N) is 2. The van der Waals surface area contributed by atoms with Crippen LogP contribution in [-0.2, 0) is 21.2 Å². The van der Waals surface area contributed by atoms with Gasteiger partial charge >= 0.3 is 5.97 Å². The number of nitrogens with zero attached hydrogens (tertiary/aromatic N) is 1. The number of aromatic amines is 1. The van der Waals surface area contributed by atoms with Crippen LogP contribution >= 0.6 is 0 Å². The molecule has 2 aromatic rings. The third kappa shape index (κ3) is 3.57. The van der Waals surface area contributed by atoms with Gasteiger partial charge in [-0.1, -0.05) is 18.2 Å². The van der Waals surface area contributed by atoms with Gasteiger partial charge in [0, 0.05) is 18.2 Å². The van der Waals surface area contributed by atoms with Crippen LogP contribution in [-0.4, -0.2) is 41.8 Å². The maximum Gasteiger partial charge on any atom is 0.322 e. The molecule has 116 valence electrons. The fourth-order valence-electron chi connectivity index (χ4n) is 1.86. The van der Waals surface area contributed by atoms with Gasteiger partial charge in [0.25, 0.3) is 0 Å². The highest BCUT2D eigenvalue weighted by atomic mass is 32.2. The van der Waals surface area contributed by atoms with E-state index in [2.05, 4.69) is 14.7 Å². The maximum absolute atomic E-state index is 12.3. The number of hydrogen-bond donors (Lipinski definition) is 3. The van der Waals surface area contributed by atoms with Crippen molar-refractivity contribution in [3.05, 3.63) is 48.0 Å². The van der Waals surface area contributed by atoms with Gasteiger partial charge in [-0.05, 0) is 6.07 Å². The zero-order valence-electron chi connectivity index (χ0n) is 11.3. The smallest absolute Gasteiger partial charge is 0.322 e. The summed E-state index contributed by atoms with van der Waals surface area (Å²) in [6.07, 6.45) is 3.12. The maximum atomic E-state index is 12.3. The normalized spacial score (nSPS) is 12.7. The fraction of sp³-hybridized carbons (Fsp3) is 0.154. The van der Waals surface area contributed by atoms with Gasteiger partial charge in [-0.25, -0.2) is 13.4 Å². The van der Waals surface area contributed by atoms with Gasteiger partial charge in [0.2, 0.25) is 10.0 Å². The number of carbonyl (C=O) groups is 2. The van der Waals surface area contributed by atoms with E-state index in [4.69, 9.17) is 0 Å². The first-order chi connectivity index (χ1) is 10.4. The Hall–Kier alpha value is -2.52. The van der Waals surface area contributed by atoms with E-state index in [9.17, 15) is 23.1 Å². The van der Waals surface area contributed by atoms with Crippen LogP contribution < -0.4 is 4.72 Å². The first-order valence-corrected chi connectivity index (χ1v) is 7.69. The number of carboxylic acids is 1. The molecule has 0 saturated heterocycles. The number of rotatable bonds is 7. The number of H-pyrrole nitrogens is 1. The topological polar surface area (TPSA) is 129 Å². The quantitative estimate of drug-likeness (QED) is 0.624. The van der Waals surface area contributed by atoms with Gasteiger partial charge in [-0.2, -0.15) is 4.72 Å². The highest BCUT2D eigenvalue weighted by molar-refractivity contribution is 7.89. The molecule has 9 heteroatoms. The fourth-order valence-corrected chi connectivity index (χ4v) is 3.23. The van der Waals surface area contributed by atoms with E-state index in [0.29, 0.717) is 12.0 Å². The molecule has 2 rings (SSSR count). The number of hydrogen-bond acceptors (Lipinski definition) is 5.